The third-order valence-electron chi connectivity index (χ3n) is 2.69. The number of hydrogen-bond acceptors (Lipinski definition) is 1. The quantitative estimate of drug-likeness (QED) is 0.779. The molecule has 0 radical (unpaired) electrons. The highest BCUT2D eigenvalue weighted by Gasteiger charge is 1.92. The van der Waals surface area contributed by atoms with Gasteiger partial charge >= 0.3 is 0 Å². The maximum absolute atomic E-state index is 5.84. The summed E-state index contributed by atoms with van der Waals surface area (Å²) in [6, 6.07) is 15.9. The molecule has 0 bridgehead atoms. The lowest BCUT2D eigenvalue weighted by Gasteiger charge is -1.99. The molecule has 2 rings (SSSR count). The average Bonchev–Trinajstić information content (AvgIpc) is 2.42. The van der Waals surface area contributed by atoms with Gasteiger partial charge in [0.2, 0.25) is 0 Å². The van der Waals surface area contributed by atoms with Crippen LogP contribution in [-0.4, -0.2) is 7.11 Å². The summed E-state index contributed by atoms with van der Waals surface area (Å²) in [5, 5.41) is 0.776. The van der Waals surface area contributed by atoms with Gasteiger partial charge in [-0.3, -0.25) is 0 Å². The second-order valence-corrected chi connectivity index (χ2v) is 4.44. The van der Waals surface area contributed by atoms with E-state index in [0.717, 1.165) is 17.2 Å². The molecule has 92 valence electrons. The van der Waals surface area contributed by atoms with E-state index in [9.17, 15) is 0 Å². The van der Waals surface area contributed by atoms with Gasteiger partial charge in [-0.15, -0.1) is 0 Å². The van der Waals surface area contributed by atoms with Crippen LogP contribution in [0.4, 0.5) is 0 Å². The van der Waals surface area contributed by atoms with Crippen molar-refractivity contribution in [1.82, 2.24) is 0 Å². The van der Waals surface area contributed by atoms with Crippen molar-refractivity contribution in [2.75, 3.05) is 7.11 Å². The summed E-state index contributed by atoms with van der Waals surface area (Å²) in [5.74, 6) is 0.879. The molecule has 0 aliphatic rings. The van der Waals surface area contributed by atoms with Gasteiger partial charge in [0.15, 0.2) is 0 Å². The summed E-state index contributed by atoms with van der Waals surface area (Å²) in [5.41, 5.74) is 2.42. The highest BCUT2D eigenvalue weighted by atomic mass is 35.5. The molecule has 0 aliphatic heterocycles. The zero-order valence-electron chi connectivity index (χ0n) is 10.3. The van der Waals surface area contributed by atoms with Crippen molar-refractivity contribution in [1.29, 1.82) is 0 Å². The van der Waals surface area contributed by atoms with E-state index in [-0.39, 0.29) is 0 Å². The van der Waals surface area contributed by atoms with Gasteiger partial charge < -0.3 is 4.74 Å². The standard InChI is InChI=1S/C16H15ClO/c1-18-16-11-7-14(8-12-16)4-2-3-13-5-9-15(17)10-6-13/h2,4-12H,3H2,1H3/b4-2-. The Morgan fingerprint density at radius 2 is 1.67 bits per heavy atom. The minimum atomic E-state index is 0.776. The van der Waals surface area contributed by atoms with E-state index < -0.39 is 0 Å². The first-order valence-corrected chi connectivity index (χ1v) is 6.21. The number of halogens is 1. The molecule has 0 heterocycles. The average molecular weight is 259 g/mol. The van der Waals surface area contributed by atoms with Gasteiger partial charge in [0, 0.05) is 5.02 Å². The molecule has 0 aliphatic carbocycles. The Kier molecular flexibility index (Phi) is 4.43. The van der Waals surface area contributed by atoms with Gasteiger partial charge in [0.1, 0.15) is 5.75 Å². The summed E-state index contributed by atoms with van der Waals surface area (Å²) in [4.78, 5) is 0. The van der Waals surface area contributed by atoms with E-state index in [0.29, 0.717) is 0 Å². The predicted octanol–water partition coefficient (Wildman–Crippen LogP) is 4.60. The van der Waals surface area contributed by atoms with Crippen molar-refractivity contribution >= 4 is 17.7 Å². The lowest BCUT2D eigenvalue weighted by Crippen LogP contribution is -1.82. The fourth-order valence-corrected chi connectivity index (χ4v) is 1.79. The number of benzene rings is 2. The molecule has 2 aromatic rings. The van der Waals surface area contributed by atoms with Gasteiger partial charge in [-0.2, -0.15) is 0 Å². The minimum Gasteiger partial charge on any atom is -0.497 e. The molecule has 2 heteroatoms. The lowest BCUT2D eigenvalue weighted by atomic mass is 10.1. The van der Waals surface area contributed by atoms with Crippen LogP contribution in [-0.2, 0) is 6.42 Å². The van der Waals surface area contributed by atoms with Crippen LogP contribution < -0.4 is 4.74 Å². The largest absolute Gasteiger partial charge is 0.497 e. The van der Waals surface area contributed by atoms with E-state index in [1.807, 2.05) is 48.5 Å². The van der Waals surface area contributed by atoms with E-state index in [1.54, 1.807) is 7.11 Å². The second-order valence-electron chi connectivity index (χ2n) is 4.01. The van der Waals surface area contributed by atoms with Crippen LogP contribution in [0.25, 0.3) is 6.08 Å². The summed E-state index contributed by atoms with van der Waals surface area (Å²) in [7, 11) is 1.67. The van der Waals surface area contributed by atoms with Crippen LogP contribution in [0.15, 0.2) is 54.6 Å². The zero-order valence-corrected chi connectivity index (χ0v) is 11.0. The molecule has 2 aromatic carbocycles. The first-order valence-electron chi connectivity index (χ1n) is 5.83. The first-order chi connectivity index (χ1) is 8.78. The van der Waals surface area contributed by atoms with E-state index >= 15 is 0 Å². The molecule has 0 aromatic heterocycles. The highest BCUT2D eigenvalue weighted by Crippen LogP contribution is 2.13. The Bertz CT molecular complexity index is 512. The molecule has 0 fully saturated rings. The van der Waals surface area contributed by atoms with Gasteiger partial charge in [-0.05, 0) is 41.8 Å². The van der Waals surface area contributed by atoms with Crippen LogP contribution in [0.3, 0.4) is 0 Å². The Morgan fingerprint density at radius 3 is 2.28 bits per heavy atom. The van der Waals surface area contributed by atoms with Crippen LogP contribution >= 0.6 is 11.6 Å². The second kappa shape index (κ2) is 6.27. The summed E-state index contributed by atoms with van der Waals surface area (Å²) in [6.45, 7) is 0. The monoisotopic (exact) mass is 258 g/mol. The van der Waals surface area contributed by atoms with E-state index in [4.69, 9.17) is 16.3 Å². The van der Waals surface area contributed by atoms with Gasteiger partial charge in [0.25, 0.3) is 0 Å². The zero-order chi connectivity index (χ0) is 12.8. The maximum Gasteiger partial charge on any atom is 0.118 e. The smallest absolute Gasteiger partial charge is 0.118 e. The third kappa shape index (κ3) is 3.64. The van der Waals surface area contributed by atoms with Crippen LogP contribution in [0, 0.1) is 0 Å². The van der Waals surface area contributed by atoms with Crippen LogP contribution in [0.2, 0.25) is 5.02 Å². The summed E-state index contributed by atoms with van der Waals surface area (Å²) in [6.07, 6.45) is 5.16. The Hall–Kier alpha value is -1.73. The number of allylic oxidation sites excluding steroid dienone is 1. The van der Waals surface area contributed by atoms with Crippen molar-refractivity contribution in [3.63, 3.8) is 0 Å². The van der Waals surface area contributed by atoms with Crippen molar-refractivity contribution in [3.8, 4) is 5.75 Å². The molecule has 1 nitrogen and oxygen atoms in total. The number of rotatable bonds is 4. The Balaban J connectivity index is 1.96. The molecular formula is C16H15ClO. The summed E-state index contributed by atoms with van der Waals surface area (Å²) >= 11 is 5.84. The van der Waals surface area contributed by atoms with Crippen LogP contribution in [0.5, 0.6) is 5.75 Å². The molecule has 0 unspecified atom stereocenters. The minimum absolute atomic E-state index is 0.776. The highest BCUT2D eigenvalue weighted by molar-refractivity contribution is 6.30. The molecular weight excluding hydrogens is 244 g/mol. The lowest BCUT2D eigenvalue weighted by molar-refractivity contribution is 0.415. The predicted molar refractivity (Wildman–Crippen MR) is 77.2 cm³/mol. The molecule has 18 heavy (non-hydrogen) atoms. The molecule has 0 atom stereocenters. The maximum atomic E-state index is 5.84. The van der Waals surface area contributed by atoms with E-state index in [2.05, 4.69) is 12.2 Å². The Morgan fingerprint density at radius 1 is 1.00 bits per heavy atom. The van der Waals surface area contributed by atoms with Crippen molar-refractivity contribution < 1.29 is 4.74 Å². The summed E-state index contributed by atoms with van der Waals surface area (Å²) < 4.78 is 5.12. The molecule has 0 spiro atoms. The fraction of sp³-hybridized carbons (Fsp3) is 0.125. The van der Waals surface area contributed by atoms with Gasteiger partial charge in [0.05, 0.1) is 7.11 Å². The fourth-order valence-electron chi connectivity index (χ4n) is 1.67. The molecule has 0 saturated carbocycles. The molecule has 0 saturated heterocycles. The van der Waals surface area contributed by atoms with Gasteiger partial charge in [-0.1, -0.05) is 48.0 Å². The van der Waals surface area contributed by atoms with Crippen molar-refractivity contribution in [3.05, 3.63) is 70.8 Å². The van der Waals surface area contributed by atoms with Crippen LogP contribution in [0.1, 0.15) is 11.1 Å². The number of ether oxygens (including phenoxy) is 1. The normalized spacial score (nSPS) is 10.8. The third-order valence-corrected chi connectivity index (χ3v) is 2.94. The SMILES string of the molecule is COc1ccc(/C=C\Cc2ccc(Cl)cc2)cc1. The number of methoxy groups -OCH3 is 1. The topological polar surface area (TPSA) is 9.23 Å². The molecule has 0 amide bonds. The van der Waals surface area contributed by atoms with Gasteiger partial charge in [-0.25, -0.2) is 0 Å². The first kappa shape index (κ1) is 12.7. The van der Waals surface area contributed by atoms with E-state index in [1.165, 1.54) is 11.1 Å². The van der Waals surface area contributed by atoms with Crippen molar-refractivity contribution in [2.24, 2.45) is 0 Å². The molecule has 0 N–H and O–H groups in total. The Labute approximate surface area is 113 Å². The van der Waals surface area contributed by atoms with Crippen molar-refractivity contribution in [2.45, 2.75) is 6.42 Å². The number of hydrogen-bond donors (Lipinski definition) is 0.